The van der Waals surface area contributed by atoms with Crippen molar-refractivity contribution in [1.29, 1.82) is 0 Å². The molecule has 0 aliphatic heterocycles. The van der Waals surface area contributed by atoms with E-state index in [0.717, 1.165) is 0 Å². The van der Waals surface area contributed by atoms with Gasteiger partial charge < -0.3 is 10.5 Å². The molecule has 0 radical (unpaired) electrons. The van der Waals surface area contributed by atoms with Crippen LogP contribution < -0.4 is 5.73 Å². The summed E-state index contributed by atoms with van der Waals surface area (Å²) in [7, 11) is 0. The van der Waals surface area contributed by atoms with Crippen LogP contribution in [0.2, 0.25) is 0 Å². The van der Waals surface area contributed by atoms with E-state index >= 15 is 0 Å². The van der Waals surface area contributed by atoms with E-state index in [4.69, 9.17) is 10.5 Å². The number of ether oxygens (including phenoxy) is 1. The van der Waals surface area contributed by atoms with Crippen LogP contribution in [0.1, 0.15) is 82.0 Å². The summed E-state index contributed by atoms with van der Waals surface area (Å²) in [5, 5.41) is 0. The van der Waals surface area contributed by atoms with E-state index in [1.165, 1.54) is 64.0 Å². The molecule has 3 nitrogen and oxygen atoms in total. The van der Waals surface area contributed by atoms with Crippen LogP contribution in [0.3, 0.4) is 0 Å². The standard InChI is InChI=1S/C22H35N.C9H10O2/c1-2-3-4-5-6-7-8-9-10-11-12-13-14-15-16-17-18-19-20-21-22-23;1-2-11-9(10)8-6-4-3-5-7-8/h11-22H,2-10,23H2,1H3;3-7H,2H2,1H3. The highest BCUT2D eigenvalue weighted by molar-refractivity contribution is 5.89. The van der Waals surface area contributed by atoms with Crippen LogP contribution in [0, 0.1) is 0 Å². The molecule has 0 aromatic heterocycles. The summed E-state index contributed by atoms with van der Waals surface area (Å²) in [6, 6.07) is 8.96. The monoisotopic (exact) mass is 463 g/mol. The molecule has 0 spiro atoms. The van der Waals surface area contributed by atoms with E-state index in [2.05, 4.69) is 31.2 Å². The topological polar surface area (TPSA) is 52.3 Å². The Morgan fingerprint density at radius 2 is 1.21 bits per heavy atom. The van der Waals surface area contributed by atoms with Gasteiger partial charge in [0.1, 0.15) is 0 Å². The van der Waals surface area contributed by atoms with Crippen LogP contribution in [0.25, 0.3) is 0 Å². The maximum atomic E-state index is 11.0. The summed E-state index contributed by atoms with van der Waals surface area (Å²) in [6.07, 6.45) is 36.0. The van der Waals surface area contributed by atoms with E-state index in [1.54, 1.807) is 25.1 Å². The fourth-order valence-electron chi connectivity index (χ4n) is 2.94. The minimum atomic E-state index is -0.256. The highest BCUT2D eigenvalue weighted by Crippen LogP contribution is 2.09. The molecule has 186 valence electrons. The van der Waals surface area contributed by atoms with Gasteiger partial charge in [-0.3, -0.25) is 0 Å². The lowest BCUT2D eigenvalue weighted by Crippen LogP contribution is -2.03. The number of hydrogen-bond acceptors (Lipinski definition) is 3. The van der Waals surface area contributed by atoms with E-state index < -0.39 is 0 Å². The molecule has 0 fully saturated rings. The molecule has 0 unspecified atom stereocenters. The summed E-state index contributed by atoms with van der Waals surface area (Å²) in [5.74, 6) is -0.256. The number of unbranched alkanes of at least 4 members (excludes halogenated alkanes) is 8. The van der Waals surface area contributed by atoms with Crippen molar-refractivity contribution in [3.8, 4) is 0 Å². The van der Waals surface area contributed by atoms with Crippen LogP contribution >= 0.6 is 0 Å². The molecule has 0 heterocycles. The van der Waals surface area contributed by atoms with Crippen molar-refractivity contribution in [1.82, 2.24) is 0 Å². The molecular weight excluding hydrogens is 418 g/mol. The minimum absolute atomic E-state index is 0.256. The number of rotatable bonds is 16. The van der Waals surface area contributed by atoms with Gasteiger partial charge in [-0.15, -0.1) is 0 Å². The molecule has 34 heavy (non-hydrogen) atoms. The molecule has 1 rings (SSSR count). The van der Waals surface area contributed by atoms with Crippen LogP contribution in [0.5, 0.6) is 0 Å². The van der Waals surface area contributed by atoms with E-state index in [0.29, 0.717) is 12.2 Å². The molecule has 0 amide bonds. The molecule has 2 N–H and O–H groups in total. The van der Waals surface area contributed by atoms with Crippen LogP contribution in [-0.2, 0) is 4.74 Å². The molecular formula is C31H45NO2. The number of esters is 1. The first-order chi connectivity index (χ1) is 16.8. The molecule has 0 aliphatic carbocycles. The van der Waals surface area contributed by atoms with Gasteiger partial charge in [0, 0.05) is 0 Å². The second-order valence-electron chi connectivity index (χ2n) is 7.70. The van der Waals surface area contributed by atoms with E-state index in [9.17, 15) is 4.79 Å². The number of benzene rings is 1. The normalized spacial score (nSPS) is 11.9. The molecule has 1 aromatic carbocycles. The van der Waals surface area contributed by atoms with Crippen molar-refractivity contribution in [2.45, 2.75) is 71.6 Å². The Hall–Kier alpha value is -3.07. The van der Waals surface area contributed by atoms with Crippen molar-refractivity contribution in [2.24, 2.45) is 5.73 Å². The number of carbonyl (C=O) groups is 1. The summed E-state index contributed by atoms with van der Waals surface area (Å²) < 4.78 is 4.79. The number of hydrogen-bond donors (Lipinski definition) is 1. The lowest BCUT2D eigenvalue weighted by molar-refractivity contribution is 0.0526. The Morgan fingerprint density at radius 3 is 1.74 bits per heavy atom. The molecule has 3 heteroatoms. The van der Waals surface area contributed by atoms with Crippen LogP contribution in [0.4, 0.5) is 0 Å². The lowest BCUT2D eigenvalue weighted by Gasteiger charge is -1.99. The Kier molecular flexibility index (Phi) is 23.8. The van der Waals surface area contributed by atoms with Gasteiger partial charge in [0.2, 0.25) is 0 Å². The summed E-state index contributed by atoms with van der Waals surface area (Å²) in [6.45, 7) is 4.49. The van der Waals surface area contributed by atoms with Gasteiger partial charge in [0.15, 0.2) is 0 Å². The Labute approximate surface area is 208 Å². The quantitative estimate of drug-likeness (QED) is 0.152. The molecule has 1 aromatic rings. The lowest BCUT2D eigenvalue weighted by atomic mass is 10.1. The molecule has 0 aliphatic rings. The van der Waals surface area contributed by atoms with Crippen molar-refractivity contribution >= 4 is 5.97 Å². The highest BCUT2D eigenvalue weighted by atomic mass is 16.5. The van der Waals surface area contributed by atoms with Crippen molar-refractivity contribution in [3.05, 3.63) is 109 Å². The largest absolute Gasteiger partial charge is 0.462 e. The predicted molar refractivity (Wildman–Crippen MR) is 149 cm³/mol. The fourth-order valence-corrected chi connectivity index (χ4v) is 2.94. The third kappa shape index (κ3) is 22.1. The summed E-state index contributed by atoms with van der Waals surface area (Å²) >= 11 is 0. The van der Waals surface area contributed by atoms with Gasteiger partial charge in [0.05, 0.1) is 12.2 Å². The summed E-state index contributed by atoms with van der Waals surface area (Å²) in [4.78, 5) is 11.0. The first kappa shape index (κ1) is 30.9. The highest BCUT2D eigenvalue weighted by Gasteiger charge is 2.02. The van der Waals surface area contributed by atoms with Crippen LogP contribution in [0.15, 0.2) is 103 Å². The zero-order valence-corrected chi connectivity index (χ0v) is 21.3. The third-order valence-electron chi connectivity index (χ3n) is 4.76. The zero-order chi connectivity index (χ0) is 25.0. The Balaban J connectivity index is 0.000000818. The second-order valence-corrected chi connectivity index (χ2v) is 7.70. The van der Waals surface area contributed by atoms with Gasteiger partial charge in [-0.05, 0) is 44.2 Å². The van der Waals surface area contributed by atoms with Gasteiger partial charge in [0.25, 0.3) is 0 Å². The molecule has 0 saturated heterocycles. The molecule has 0 saturated carbocycles. The van der Waals surface area contributed by atoms with Crippen molar-refractivity contribution in [3.63, 3.8) is 0 Å². The van der Waals surface area contributed by atoms with E-state index in [-0.39, 0.29) is 5.97 Å². The summed E-state index contributed by atoms with van der Waals surface area (Å²) in [5.41, 5.74) is 5.83. The Morgan fingerprint density at radius 1 is 0.706 bits per heavy atom. The van der Waals surface area contributed by atoms with Gasteiger partial charge >= 0.3 is 5.97 Å². The zero-order valence-electron chi connectivity index (χ0n) is 21.3. The van der Waals surface area contributed by atoms with Gasteiger partial charge in [-0.2, -0.15) is 0 Å². The average Bonchev–Trinajstić information content (AvgIpc) is 2.86. The number of carbonyl (C=O) groups excluding carboxylic acids is 1. The first-order valence-corrected chi connectivity index (χ1v) is 12.7. The fraction of sp³-hybridized carbons (Fsp3) is 0.387. The maximum Gasteiger partial charge on any atom is 0.338 e. The van der Waals surface area contributed by atoms with Crippen LogP contribution in [-0.4, -0.2) is 12.6 Å². The van der Waals surface area contributed by atoms with Crippen molar-refractivity contribution < 1.29 is 9.53 Å². The molecule has 0 atom stereocenters. The number of allylic oxidation sites excluding steroid dienone is 11. The maximum absolute atomic E-state index is 11.0. The van der Waals surface area contributed by atoms with Crippen molar-refractivity contribution in [2.75, 3.05) is 6.61 Å². The Bertz CT molecular complexity index is 755. The average molecular weight is 464 g/mol. The SMILES string of the molecule is CCCCCCCCCCC=CC=CC=CC=CC=CC=CN.CCOC(=O)c1ccccc1. The predicted octanol–water partition coefficient (Wildman–Crippen LogP) is 8.63. The second kappa shape index (κ2) is 26.2. The molecule has 0 bridgehead atoms. The van der Waals surface area contributed by atoms with Gasteiger partial charge in [-0.1, -0.05) is 131 Å². The minimum Gasteiger partial charge on any atom is -0.462 e. The van der Waals surface area contributed by atoms with E-state index in [1.807, 2.05) is 54.7 Å². The number of nitrogens with two attached hydrogens (primary N) is 1. The smallest absolute Gasteiger partial charge is 0.338 e. The van der Waals surface area contributed by atoms with Gasteiger partial charge in [-0.25, -0.2) is 4.79 Å². The first-order valence-electron chi connectivity index (χ1n) is 12.7. The third-order valence-corrected chi connectivity index (χ3v) is 4.76.